The second-order valence-corrected chi connectivity index (χ2v) is 10.5. The highest BCUT2D eigenvalue weighted by molar-refractivity contribution is 5.96. The lowest BCUT2D eigenvalue weighted by atomic mass is 9.60. The summed E-state index contributed by atoms with van der Waals surface area (Å²) < 4.78 is 21.8. The van der Waals surface area contributed by atoms with Gasteiger partial charge in [0.15, 0.2) is 17.6 Å². The quantitative estimate of drug-likeness (QED) is 0.293. The van der Waals surface area contributed by atoms with Crippen LogP contribution < -0.4 is 0 Å². The summed E-state index contributed by atoms with van der Waals surface area (Å²) >= 11 is 0. The summed E-state index contributed by atoms with van der Waals surface area (Å²) in [6, 6.07) is 0. The number of Topliss-reactive ketones (excluding diaryl/α,β-unsaturated/α-hetero) is 1. The maximum atomic E-state index is 13.2. The van der Waals surface area contributed by atoms with Crippen molar-refractivity contribution >= 4 is 29.7 Å². The zero-order valence-electron chi connectivity index (χ0n) is 23.7. The zero-order chi connectivity index (χ0) is 29.8. The fourth-order valence-corrected chi connectivity index (χ4v) is 5.28. The number of aliphatic hydroxyl groups excluding tert-OH is 2. The van der Waals surface area contributed by atoms with Crippen molar-refractivity contribution < 1.29 is 53.1 Å². The number of ketones is 1. The van der Waals surface area contributed by atoms with Crippen LogP contribution in [0.2, 0.25) is 0 Å². The smallest absolute Gasteiger partial charge is 0.307 e. The Morgan fingerprint density at radius 2 is 1.51 bits per heavy atom. The second-order valence-electron chi connectivity index (χ2n) is 10.5. The van der Waals surface area contributed by atoms with Crippen LogP contribution in [0.25, 0.3) is 0 Å². The molecule has 0 radical (unpaired) electrons. The standard InChI is InChI=1S/C28H38O11/c1-13-21(33)11-22(34)19(12-36-15(3)29)9-23(35)20-10-24(37-16(4)30)14(2)25(28(20,7)8)27(39-18(6)32)26(13)38-17(5)31/h9,20-21,23-24,27,33,35H,10-12H2,1-8H3/b19-9-,26-13-/t20-,21+,23-,24-,27+/m0/s1. The molecule has 0 spiro atoms. The largest absolute Gasteiger partial charge is 0.461 e. The van der Waals surface area contributed by atoms with E-state index in [2.05, 4.69) is 0 Å². The molecule has 2 rings (SSSR count). The van der Waals surface area contributed by atoms with Gasteiger partial charge in [-0.05, 0) is 48.5 Å². The summed E-state index contributed by atoms with van der Waals surface area (Å²) in [5, 5.41) is 22.5. The van der Waals surface area contributed by atoms with E-state index in [-0.39, 0.29) is 23.3 Å². The van der Waals surface area contributed by atoms with Crippen molar-refractivity contribution in [3.05, 3.63) is 34.1 Å². The molecule has 0 heterocycles. The number of carbonyl (C=O) groups excluding carboxylic acids is 5. The van der Waals surface area contributed by atoms with Crippen LogP contribution in [0, 0.1) is 11.3 Å². The number of hydrogen-bond acceptors (Lipinski definition) is 11. The average Bonchev–Trinajstić information content (AvgIpc) is 2.79. The summed E-state index contributed by atoms with van der Waals surface area (Å²) in [6.07, 6.45) is -4.07. The molecule has 0 aromatic carbocycles. The van der Waals surface area contributed by atoms with E-state index in [0.717, 1.165) is 6.92 Å². The molecule has 11 nitrogen and oxygen atoms in total. The summed E-state index contributed by atoms with van der Waals surface area (Å²) in [5.74, 6) is -4.23. The van der Waals surface area contributed by atoms with E-state index in [1.807, 2.05) is 0 Å². The monoisotopic (exact) mass is 550 g/mol. The highest BCUT2D eigenvalue weighted by atomic mass is 16.6. The maximum Gasteiger partial charge on any atom is 0.307 e. The highest BCUT2D eigenvalue weighted by Crippen LogP contribution is 2.51. The number of esters is 4. The molecule has 0 saturated carbocycles. The van der Waals surface area contributed by atoms with E-state index >= 15 is 0 Å². The van der Waals surface area contributed by atoms with Crippen LogP contribution in [0.5, 0.6) is 0 Å². The molecule has 2 aliphatic carbocycles. The normalized spacial score (nSPS) is 30.7. The second kappa shape index (κ2) is 12.7. The van der Waals surface area contributed by atoms with Crippen molar-refractivity contribution in [3.63, 3.8) is 0 Å². The topological polar surface area (TPSA) is 163 Å². The van der Waals surface area contributed by atoms with Gasteiger partial charge in [0.1, 0.15) is 12.7 Å². The van der Waals surface area contributed by atoms with E-state index in [4.69, 9.17) is 18.9 Å². The van der Waals surface area contributed by atoms with Gasteiger partial charge in [-0.3, -0.25) is 24.0 Å². The molecule has 2 aliphatic rings. The molecule has 0 aromatic heterocycles. The Bertz CT molecular complexity index is 1120. The minimum atomic E-state index is -1.49. The van der Waals surface area contributed by atoms with E-state index in [1.165, 1.54) is 33.8 Å². The molecule has 0 fully saturated rings. The van der Waals surface area contributed by atoms with Crippen LogP contribution in [0.3, 0.4) is 0 Å². The van der Waals surface area contributed by atoms with Gasteiger partial charge in [0.05, 0.1) is 12.2 Å². The van der Waals surface area contributed by atoms with Crippen molar-refractivity contribution in [2.24, 2.45) is 11.3 Å². The first-order chi connectivity index (χ1) is 18.0. The Morgan fingerprint density at radius 1 is 0.923 bits per heavy atom. The predicted molar refractivity (Wildman–Crippen MR) is 137 cm³/mol. The van der Waals surface area contributed by atoms with Gasteiger partial charge in [-0.1, -0.05) is 13.8 Å². The Kier molecular flexibility index (Phi) is 10.4. The molecule has 0 unspecified atom stereocenters. The summed E-state index contributed by atoms with van der Waals surface area (Å²) in [7, 11) is 0. The van der Waals surface area contributed by atoms with Crippen molar-refractivity contribution in [2.45, 2.75) is 92.6 Å². The SMILES string of the molecule is CC(=O)OC/C1=C/[C@H](O)[C@@H]2C[C@H](OC(C)=O)C(C)=C([C@@H](OC(C)=O)/C(OC(C)=O)=C(\C)[C@H](O)CC1=O)C2(C)C. The van der Waals surface area contributed by atoms with E-state index in [1.54, 1.807) is 20.8 Å². The average molecular weight is 551 g/mol. The summed E-state index contributed by atoms with van der Waals surface area (Å²) in [4.78, 5) is 61.2. The van der Waals surface area contributed by atoms with Gasteiger partial charge in [-0.15, -0.1) is 0 Å². The number of aliphatic hydroxyl groups is 2. The van der Waals surface area contributed by atoms with Crippen LogP contribution in [0.1, 0.15) is 68.2 Å². The summed E-state index contributed by atoms with van der Waals surface area (Å²) in [6.45, 7) is 11.0. The lowest BCUT2D eigenvalue weighted by Gasteiger charge is -2.48. The third-order valence-electron chi connectivity index (χ3n) is 7.18. The molecule has 2 bridgehead atoms. The number of hydrogen-bond donors (Lipinski definition) is 2. The van der Waals surface area contributed by atoms with Crippen molar-refractivity contribution in [1.82, 2.24) is 0 Å². The van der Waals surface area contributed by atoms with Crippen molar-refractivity contribution in [1.29, 1.82) is 0 Å². The number of ether oxygens (including phenoxy) is 4. The number of rotatable bonds is 5. The third-order valence-corrected chi connectivity index (χ3v) is 7.18. The van der Waals surface area contributed by atoms with Gasteiger partial charge in [0.2, 0.25) is 0 Å². The fourth-order valence-electron chi connectivity index (χ4n) is 5.28. The molecule has 11 heteroatoms. The molecule has 0 amide bonds. The molecular formula is C28H38O11. The predicted octanol–water partition coefficient (Wildman–Crippen LogP) is 2.23. The highest BCUT2D eigenvalue weighted by Gasteiger charge is 2.50. The van der Waals surface area contributed by atoms with E-state index in [0.29, 0.717) is 11.1 Å². The zero-order valence-corrected chi connectivity index (χ0v) is 23.7. The minimum absolute atomic E-state index is 0.0386. The Hall–Kier alpha value is -3.31. The molecular weight excluding hydrogens is 512 g/mol. The van der Waals surface area contributed by atoms with Crippen molar-refractivity contribution in [3.8, 4) is 0 Å². The van der Waals surface area contributed by atoms with E-state index in [9.17, 15) is 34.2 Å². The van der Waals surface area contributed by atoms with Crippen molar-refractivity contribution in [2.75, 3.05) is 6.61 Å². The Balaban J connectivity index is 2.96. The molecule has 0 aliphatic heterocycles. The Labute approximate surface area is 227 Å². The van der Waals surface area contributed by atoms with Gasteiger partial charge in [-0.25, -0.2) is 0 Å². The van der Waals surface area contributed by atoms with Gasteiger partial charge >= 0.3 is 23.9 Å². The van der Waals surface area contributed by atoms with E-state index < -0.39 is 78.4 Å². The fraction of sp³-hybridized carbons (Fsp3) is 0.607. The molecule has 39 heavy (non-hydrogen) atoms. The van der Waals surface area contributed by atoms with Crippen LogP contribution in [0.15, 0.2) is 34.1 Å². The molecule has 5 atom stereocenters. The van der Waals surface area contributed by atoms with Gasteiger partial charge < -0.3 is 29.2 Å². The first kappa shape index (κ1) is 31.9. The molecule has 216 valence electrons. The van der Waals surface area contributed by atoms with Crippen LogP contribution in [-0.4, -0.2) is 70.9 Å². The molecule has 2 N–H and O–H groups in total. The number of carbonyl (C=O) groups is 5. The third kappa shape index (κ3) is 7.63. The van der Waals surface area contributed by atoms with Gasteiger partial charge in [0.25, 0.3) is 0 Å². The molecule has 0 aromatic rings. The van der Waals surface area contributed by atoms with Crippen LogP contribution in [0.4, 0.5) is 0 Å². The first-order valence-electron chi connectivity index (χ1n) is 12.6. The van der Waals surface area contributed by atoms with Crippen LogP contribution in [-0.2, 0) is 42.9 Å². The lowest BCUT2D eigenvalue weighted by Crippen LogP contribution is -2.48. The first-order valence-corrected chi connectivity index (χ1v) is 12.6. The number of fused-ring (bicyclic) bond motifs is 2. The summed E-state index contributed by atoms with van der Waals surface area (Å²) in [5.41, 5.74) is -0.0521. The molecule has 0 saturated heterocycles. The van der Waals surface area contributed by atoms with Gasteiger partial charge in [0, 0.05) is 45.6 Å². The lowest BCUT2D eigenvalue weighted by molar-refractivity contribution is -0.151. The van der Waals surface area contributed by atoms with Crippen LogP contribution >= 0.6 is 0 Å². The maximum absolute atomic E-state index is 13.2. The van der Waals surface area contributed by atoms with Gasteiger partial charge in [-0.2, -0.15) is 0 Å². The minimum Gasteiger partial charge on any atom is -0.461 e. The Morgan fingerprint density at radius 3 is 2.03 bits per heavy atom.